The van der Waals surface area contributed by atoms with Crippen molar-refractivity contribution in [3.05, 3.63) is 18.2 Å². The Bertz CT molecular complexity index is 571. The predicted molar refractivity (Wildman–Crippen MR) is 88.7 cm³/mol. The number of aromatic nitrogens is 2. The van der Waals surface area contributed by atoms with Gasteiger partial charge in [-0.3, -0.25) is 4.79 Å². The third kappa shape index (κ3) is 2.91. The highest BCUT2D eigenvalue weighted by atomic mass is 16.2. The van der Waals surface area contributed by atoms with Crippen molar-refractivity contribution in [1.29, 1.82) is 0 Å². The van der Waals surface area contributed by atoms with Gasteiger partial charge in [-0.25, -0.2) is 4.98 Å². The van der Waals surface area contributed by atoms with Crippen LogP contribution in [0.5, 0.6) is 0 Å². The minimum absolute atomic E-state index is 0.359. The Kier molecular flexibility index (Phi) is 3.92. The highest BCUT2D eigenvalue weighted by Gasteiger charge is 2.57. The monoisotopic (exact) mass is 316 g/mol. The maximum absolute atomic E-state index is 13.0. The third-order valence-electron chi connectivity index (χ3n) is 6.36. The molecule has 5 heteroatoms. The van der Waals surface area contributed by atoms with E-state index < -0.39 is 0 Å². The van der Waals surface area contributed by atoms with Crippen molar-refractivity contribution < 1.29 is 4.79 Å². The summed E-state index contributed by atoms with van der Waals surface area (Å²) in [5.41, 5.74) is 0.395. The molecule has 1 spiro atoms. The van der Waals surface area contributed by atoms with Crippen LogP contribution in [0.1, 0.15) is 50.8 Å². The first-order valence-electron chi connectivity index (χ1n) is 9.14. The Morgan fingerprint density at radius 3 is 2.83 bits per heavy atom. The zero-order chi connectivity index (χ0) is 15.9. The van der Waals surface area contributed by atoms with Gasteiger partial charge in [-0.2, -0.15) is 0 Å². The van der Waals surface area contributed by atoms with Crippen LogP contribution in [0.3, 0.4) is 0 Å². The summed E-state index contributed by atoms with van der Waals surface area (Å²) >= 11 is 0. The van der Waals surface area contributed by atoms with Gasteiger partial charge in [0.05, 0.1) is 6.54 Å². The van der Waals surface area contributed by atoms with Crippen molar-refractivity contribution in [3.8, 4) is 0 Å². The summed E-state index contributed by atoms with van der Waals surface area (Å²) in [6, 6.07) is 0.439. The average Bonchev–Trinajstić information content (AvgIpc) is 3.02. The minimum atomic E-state index is 0.359. The van der Waals surface area contributed by atoms with Crippen LogP contribution in [0.25, 0.3) is 0 Å². The molecule has 1 atom stereocenters. The van der Waals surface area contributed by atoms with Crippen LogP contribution >= 0.6 is 0 Å². The molecule has 1 amide bonds. The van der Waals surface area contributed by atoms with Crippen LogP contribution in [0, 0.1) is 11.3 Å². The molecular formula is C18H28N4O. The molecule has 4 rings (SSSR count). The standard InChI is InChI=1S/C18H28N4O/c1-21-10-9-20-16(21)13-22(17(23)11-14-3-2-4-14)15-12-18(15)5-7-19-8-6-18/h9-10,14-15,19H,2-8,11-13H2,1H3/t15-/m1/s1. The number of imidazole rings is 1. The molecule has 0 bridgehead atoms. The van der Waals surface area contributed by atoms with E-state index in [-0.39, 0.29) is 0 Å². The maximum Gasteiger partial charge on any atom is 0.223 e. The van der Waals surface area contributed by atoms with Gasteiger partial charge in [-0.15, -0.1) is 0 Å². The lowest BCUT2D eigenvalue weighted by Crippen LogP contribution is -2.40. The number of nitrogens with zero attached hydrogens (tertiary/aromatic N) is 3. The third-order valence-corrected chi connectivity index (χ3v) is 6.36. The zero-order valence-corrected chi connectivity index (χ0v) is 14.1. The van der Waals surface area contributed by atoms with Crippen molar-refractivity contribution in [2.75, 3.05) is 13.1 Å². The lowest BCUT2D eigenvalue weighted by Gasteiger charge is -2.32. The number of rotatable bonds is 5. The number of piperidine rings is 1. The molecule has 1 N–H and O–H groups in total. The van der Waals surface area contributed by atoms with Gasteiger partial charge in [-0.05, 0) is 56.5 Å². The smallest absolute Gasteiger partial charge is 0.223 e. The molecule has 2 heterocycles. The van der Waals surface area contributed by atoms with E-state index in [9.17, 15) is 4.79 Å². The van der Waals surface area contributed by atoms with Gasteiger partial charge < -0.3 is 14.8 Å². The van der Waals surface area contributed by atoms with E-state index in [0.717, 1.165) is 25.3 Å². The Morgan fingerprint density at radius 2 is 2.22 bits per heavy atom. The molecule has 3 aliphatic rings. The summed E-state index contributed by atoms with van der Waals surface area (Å²) in [4.78, 5) is 19.6. The average molecular weight is 316 g/mol. The fourth-order valence-electron chi connectivity index (χ4n) is 4.36. The summed E-state index contributed by atoms with van der Waals surface area (Å²) in [7, 11) is 2.02. The fraction of sp³-hybridized carbons (Fsp3) is 0.778. The molecular weight excluding hydrogens is 288 g/mol. The number of carbonyl (C=O) groups is 1. The summed E-state index contributed by atoms with van der Waals surface area (Å²) in [5.74, 6) is 2.00. The number of amides is 1. The predicted octanol–water partition coefficient (Wildman–Crippen LogP) is 2.08. The summed E-state index contributed by atoms with van der Waals surface area (Å²) < 4.78 is 2.04. The van der Waals surface area contributed by atoms with Gasteiger partial charge in [-0.1, -0.05) is 6.42 Å². The minimum Gasteiger partial charge on any atom is -0.337 e. The molecule has 0 aromatic carbocycles. The zero-order valence-electron chi connectivity index (χ0n) is 14.1. The number of hydrogen-bond donors (Lipinski definition) is 1. The van der Waals surface area contributed by atoms with Gasteiger partial charge >= 0.3 is 0 Å². The second-order valence-corrected chi connectivity index (χ2v) is 7.81. The first-order valence-corrected chi connectivity index (χ1v) is 9.14. The van der Waals surface area contributed by atoms with E-state index in [2.05, 4.69) is 15.2 Å². The highest BCUT2D eigenvalue weighted by Crippen LogP contribution is 2.56. The molecule has 126 valence electrons. The molecule has 1 aliphatic heterocycles. The molecule has 3 fully saturated rings. The first-order chi connectivity index (χ1) is 11.2. The second-order valence-electron chi connectivity index (χ2n) is 7.81. The fourth-order valence-corrected chi connectivity index (χ4v) is 4.36. The van der Waals surface area contributed by atoms with Crippen molar-refractivity contribution in [2.45, 2.75) is 57.5 Å². The Balaban J connectivity index is 1.49. The maximum atomic E-state index is 13.0. The molecule has 1 aromatic heterocycles. The van der Waals surface area contributed by atoms with Crippen molar-refractivity contribution in [3.63, 3.8) is 0 Å². The van der Waals surface area contributed by atoms with E-state index >= 15 is 0 Å². The van der Waals surface area contributed by atoms with Gasteiger partial charge in [0.2, 0.25) is 5.91 Å². The molecule has 1 aromatic rings. The van der Waals surface area contributed by atoms with Crippen molar-refractivity contribution in [2.24, 2.45) is 18.4 Å². The van der Waals surface area contributed by atoms with E-state index in [1.807, 2.05) is 24.0 Å². The van der Waals surface area contributed by atoms with Crippen molar-refractivity contribution >= 4 is 5.91 Å². The van der Waals surface area contributed by atoms with Gasteiger partial charge in [0, 0.05) is 31.9 Å². The molecule has 5 nitrogen and oxygen atoms in total. The Hall–Kier alpha value is -1.36. The van der Waals surface area contributed by atoms with E-state index in [0.29, 0.717) is 29.8 Å². The molecule has 0 unspecified atom stereocenters. The lowest BCUT2D eigenvalue weighted by atomic mass is 9.82. The van der Waals surface area contributed by atoms with Crippen LogP contribution in [0.4, 0.5) is 0 Å². The van der Waals surface area contributed by atoms with Gasteiger partial charge in [0.25, 0.3) is 0 Å². The number of hydrogen-bond acceptors (Lipinski definition) is 3. The quantitative estimate of drug-likeness (QED) is 0.905. The normalized spacial score (nSPS) is 26.0. The second kappa shape index (κ2) is 5.93. The molecule has 1 saturated heterocycles. The van der Waals surface area contributed by atoms with Gasteiger partial charge in [0.1, 0.15) is 5.82 Å². The van der Waals surface area contributed by atoms with E-state index in [4.69, 9.17) is 0 Å². The van der Waals surface area contributed by atoms with Gasteiger partial charge in [0.15, 0.2) is 0 Å². The van der Waals surface area contributed by atoms with Crippen LogP contribution in [-0.2, 0) is 18.4 Å². The number of aryl methyl sites for hydroxylation is 1. The number of nitrogens with one attached hydrogen (secondary N) is 1. The van der Waals surface area contributed by atoms with E-state index in [1.54, 1.807) is 0 Å². The van der Waals surface area contributed by atoms with E-state index in [1.165, 1.54) is 38.5 Å². The van der Waals surface area contributed by atoms with Crippen molar-refractivity contribution in [1.82, 2.24) is 19.8 Å². The van der Waals surface area contributed by atoms with Crippen LogP contribution in [0.15, 0.2) is 12.4 Å². The Labute approximate surface area is 138 Å². The Morgan fingerprint density at radius 1 is 1.43 bits per heavy atom. The molecule has 23 heavy (non-hydrogen) atoms. The van der Waals surface area contributed by atoms with Crippen LogP contribution in [-0.4, -0.2) is 39.5 Å². The number of carbonyl (C=O) groups excluding carboxylic acids is 1. The lowest BCUT2D eigenvalue weighted by molar-refractivity contribution is -0.135. The molecule has 2 saturated carbocycles. The SMILES string of the molecule is Cn1ccnc1CN(C(=O)CC1CCC1)[C@@H]1CC12CCNCC2. The highest BCUT2D eigenvalue weighted by molar-refractivity contribution is 5.77. The summed E-state index contributed by atoms with van der Waals surface area (Å²) in [6.45, 7) is 2.88. The summed E-state index contributed by atoms with van der Waals surface area (Å²) in [6.07, 6.45) is 11.9. The molecule has 2 aliphatic carbocycles. The molecule has 0 radical (unpaired) electrons. The topological polar surface area (TPSA) is 50.2 Å². The largest absolute Gasteiger partial charge is 0.337 e. The first kappa shape index (κ1) is 15.2. The van der Waals surface area contributed by atoms with Crippen LogP contribution in [0.2, 0.25) is 0 Å². The summed E-state index contributed by atoms with van der Waals surface area (Å²) in [5, 5.41) is 3.45. The van der Waals surface area contributed by atoms with Crippen LogP contribution < -0.4 is 5.32 Å².